The van der Waals surface area contributed by atoms with Gasteiger partial charge in [0.25, 0.3) is 0 Å². The highest BCUT2D eigenvalue weighted by molar-refractivity contribution is 6.17. The minimum Gasteiger partial charge on any atom is -0.127 e. The van der Waals surface area contributed by atoms with Gasteiger partial charge in [-0.2, -0.15) is 0 Å². The van der Waals surface area contributed by atoms with E-state index in [9.17, 15) is 0 Å². The lowest BCUT2D eigenvalue weighted by atomic mass is 10.4. The fourth-order valence-electron chi connectivity index (χ4n) is 0.344. The quantitative estimate of drug-likeness (QED) is 0.297. The molecule has 0 atom stereocenters. The first kappa shape index (κ1) is 6.82. The average Bonchev–Trinajstić information content (AvgIpc) is 1.61. The summed E-state index contributed by atoms with van der Waals surface area (Å²) in [5.74, 6) is 0.849. The molecule has 0 nitrogen and oxygen atoms in total. The van der Waals surface area contributed by atoms with Crippen molar-refractivity contribution < 1.29 is 0 Å². The third-order valence-corrected chi connectivity index (χ3v) is 1.71. The average molecular weight is 121 g/mol. The minimum absolute atomic E-state index is 0.849. The Kier molecular flexibility index (Phi) is 6.62. The molecule has 0 amide bonds. The normalized spacial score (nSPS) is 8.83. The first-order chi connectivity index (χ1) is 2.91. The third-order valence-electron chi connectivity index (χ3n) is 0.737. The fourth-order valence-corrected chi connectivity index (χ4v) is 1.03. The second-order valence-electron chi connectivity index (χ2n) is 1.40. The molecule has 0 aromatic heterocycles. The van der Waals surface area contributed by atoms with Crippen LogP contribution in [0.3, 0.4) is 0 Å². The zero-order chi connectivity index (χ0) is 4.83. The van der Waals surface area contributed by atoms with Crippen molar-refractivity contribution in [3.63, 3.8) is 0 Å². The standard InChI is InChI=1S/C4H8Cl.Al.2H/c1-2-3-4-5;;;/h1-4H2;;;. The molecule has 0 aromatic rings. The molecule has 0 heterocycles. The molecule has 0 aromatic carbocycles. The molecule has 0 radical (unpaired) electrons. The lowest BCUT2D eigenvalue weighted by Crippen LogP contribution is -1.72. The lowest BCUT2D eigenvalue weighted by Gasteiger charge is -1.84. The van der Waals surface area contributed by atoms with E-state index in [0.29, 0.717) is 0 Å². The second kappa shape index (κ2) is 5.82. The highest BCUT2D eigenvalue weighted by atomic mass is 35.5. The molecule has 2 heteroatoms. The van der Waals surface area contributed by atoms with Crippen molar-refractivity contribution in [2.75, 3.05) is 5.88 Å². The van der Waals surface area contributed by atoms with Gasteiger partial charge in [-0.3, -0.25) is 0 Å². The van der Waals surface area contributed by atoms with Crippen LogP contribution in [0.5, 0.6) is 0 Å². The topological polar surface area (TPSA) is 0 Å². The minimum atomic E-state index is 0.849. The number of unbranched alkanes of at least 4 members (excludes halogenated alkanes) is 1. The van der Waals surface area contributed by atoms with E-state index in [1.807, 2.05) is 0 Å². The van der Waals surface area contributed by atoms with Crippen molar-refractivity contribution in [2.45, 2.75) is 18.1 Å². The first-order valence-electron chi connectivity index (χ1n) is 2.47. The van der Waals surface area contributed by atoms with Crippen LogP contribution in [0, 0.1) is 0 Å². The molecule has 0 spiro atoms. The molecule has 6 heavy (non-hydrogen) atoms. The van der Waals surface area contributed by atoms with Crippen LogP contribution in [-0.4, -0.2) is 22.2 Å². The Balaban J connectivity index is 2.34. The summed E-state index contributed by atoms with van der Waals surface area (Å²) >= 11 is 6.74. The molecule has 0 N–H and O–H groups in total. The van der Waals surface area contributed by atoms with Crippen LogP contribution in [0.1, 0.15) is 12.8 Å². The monoisotopic (exact) mass is 120 g/mol. The summed E-state index contributed by atoms with van der Waals surface area (Å²) in [6.07, 6.45) is 2.56. The predicted octanol–water partition coefficient (Wildman–Crippen LogP) is 1.06. The van der Waals surface area contributed by atoms with E-state index < -0.39 is 0 Å². The molecule has 0 aliphatic heterocycles. The molecule has 36 valence electrons. The van der Waals surface area contributed by atoms with Gasteiger partial charge in [-0.1, -0.05) is 6.42 Å². The number of hydrogen-bond acceptors (Lipinski definition) is 0. The Labute approximate surface area is 52.3 Å². The molecule has 0 saturated carbocycles. The summed E-state index contributed by atoms with van der Waals surface area (Å²) in [5, 5.41) is 1.41. The molecule has 0 aliphatic rings. The zero-order valence-electron chi connectivity index (χ0n) is 4.21. The summed E-state index contributed by atoms with van der Waals surface area (Å²) in [6.45, 7) is 0. The van der Waals surface area contributed by atoms with Crippen molar-refractivity contribution in [3.8, 4) is 0 Å². The highest BCUT2D eigenvalue weighted by Crippen LogP contribution is 1.92. The van der Waals surface area contributed by atoms with Crippen LogP contribution in [0.2, 0.25) is 5.28 Å². The maximum absolute atomic E-state index is 5.40. The Hall–Kier alpha value is 0.822. The van der Waals surface area contributed by atoms with E-state index in [0.717, 1.165) is 5.88 Å². The van der Waals surface area contributed by atoms with Crippen LogP contribution >= 0.6 is 11.6 Å². The predicted molar refractivity (Wildman–Crippen MR) is 33.3 cm³/mol. The van der Waals surface area contributed by atoms with Gasteiger partial charge >= 0.3 is 0 Å². The number of rotatable bonds is 3. The summed E-state index contributed by atoms with van der Waals surface area (Å²) in [4.78, 5) is 0. The number of halogens is 1. The van der Waals surface area contributed by atoms with E-state index in [1.54, 1.807) is 0 Å². The van der Waals surface area contributed by atoms with E-state index in [1.165, 1.54) is 34.4 Å². The van der Waals surface area contributed by atoms with Gasteiger partial charge in [0.2, 0.25) is 16.3 Å². The van der Waals surface area contributed by atoms with Crippen molar-refractivity contribution in [1.82, 2.24) is 0 Å². The zero-order valence-corrected chi connectivity index (χ0v) is 6.96. The second-order valence-corrected chi connectivity index (χ2v) is 2.77. The first-order valence-corrected chi connectivity index (χ1v) is 4.42. The van der Waals surface area contributed by atoms with Gasteiger partial charge in [-0.05, 0) is 6.42 Å². The van der Waals surface area contributed by atoms with Gasteiger partial charge in [0.05, 0.1) is 0 Å². The molecule has 0 unspecified atom stereocenters. The van der Waals surface area contributed by atoms with Crippen molar-refractivity contribution in [1.29, 1.82) is 0 Å². The number of alkyl halides is 1. The smallest absolute Gasteiger partial charge is 0.127 e. The molecule has 0 saturated heterocycles. The largest absolute Gasteiger partial charge is 0.211 e. The van der Waals surface area contributed by atoms with Gasteiger partial charge < -0.3 is 0 Å². The summed E-state index contributed by atoms with van der Waals surface area (Å²) in [7, 11) is 0. The van der Waals surface area contributed by atoms with Gasteiger partial charge in [-0.15, -0.1) is 16.9 Å². The van der Waals surface area contributed by atoms with Crippen molar-refractivity contribution in [2.24, 2.45) is 0 Å². The van der Waals surface area contributed by atoms with E-state index >= 15 is 0 Å². The molecule has 0 aliphatic carbocycles. The molecule has 0 rings (SSSR count). The van der Waals surface area contributed by atoms with Gasteiger partial charge in [-0.25, -0.2) is 0 Å². The van der Waals surface area contributed by atoms with Crippen LogP contribution in [0.15, 0.2) is 0 Å². The molecule has 0 bridgehead atoms. The van der Waals surface area contributed by atoms with E-state index in [4.69, 9.17) is 11.6 Å². The van der Waals surface area contributed by atoms with Crippen LogP contribution in [0.25, 0.3) is 0 Å². The maximum Gasteiger partial charge on any atom is 0.211 e. The number of hydrogen-bond donors (Lipinski definition) is 0. The van der Waals surface area contributed by atoms with E-state index in [2.05, 4.69) is 0 Å². The third kappa shape index (κ3) is 4.82. The van der Waals surface area contributed by atoms with Gasteiger partial charge in [0.1, 0.15) is 0 Å². The Morgan fingerprint density at radius 1 is 1.33 bits per heavy atom. The Morgan fingerprint density at radius 2 is 2.00 bits per heavy atom. The van der Waals surface area contributed by atoms with Gasteiger partial charge in [0, 0.05) is 5.88 Å². The van der Waals surface area contributed by atoms with Crippen LogP contribution < -0.4 is 0 Å². The SMILES string of the molecule is [AlH2][CH2]CCCCl. The highest BCUT2D eigenvalue weighted by Gasteiger charge is 1.77. The fraction of sp³-hybridized carbons (Fsp3) is 1.00. The Morgan fingerprint density at radius 3 is 2.17 bits per heavy atom. The van der Waals surface area contributed by atoms with Gasteiger partial charge in [0.15, 0.2) is 0 Å². The molecular weight excluding hydrogens is 110 g/mol. The van der Waals surface area contributed by atoms with E-state index in [-0.39, 0.29) is 0 Å². The molecular formula is C4H10AlCl. The van der Waals surface area contributed by atoms with Crippen LogP contribution in [-0.2, 0) is 0 Å². The van der Waals surface area contributed by atoms with Crippen molar-refractivity contribution >= 4 is 27.9 Å². The van der Waals surface area contributed by atoms with Crippen LogP contribution in [0.4, 0.5) is 0 Å². The summed E-state index contributed by atoms with van der Waals surface area (Å²) in [6, 6.07) is 0. The van der Waals surface area contributed by atoms with Crippen molar-refractivity contribution in [3.05, 3.63) is 0 Å². The molecule has 0 fully saturated rings. The Bertz CT molecular complexity index is 19.5. The lowest BCUT2D eigenvalue weighted by molar-refractivity contribution is 0.890. The summed E-state index contributed by atoms with van der Waals surface area (Å²) in [5.41, 5.74) is 0. The maximum atomic E-state index is 5.40. The summed E-state index contributed by atoms with van der Waals surface area (Å²) < 4.78 is 0.